The number of thiazole rings is 1. The summed E-state index contributed by atoms with van der Waals surface area (Å²) >= 11 is 3.55. The number of para-hydroxylation sites is 1. The normalized spacial score (nSPS) is 12.7. The first-order valence-corrected chi connectivity index (χ1v) is 8.07. The molecular formula is C15H16N2S2. The molecule has 2 nitrogen and oxygen atoms in total. The van der Waals surface area contributed by atoms with Crippen LogP contribution in [0.5, 0.6) is 0 Å². The molecule has 0 radical (unpaired) electrons. The summed E-state index contributed by atoms with van der Waals surface area (Å²) in [4.78, 5) is 6.11. The number of hydrogen-bond donors (Lipinski definition) is 1. The third-order valence-electron chi connectivity index (χ3n) is 3.08. The van der Waals surface area contributed by atoms with Crippen LogP contribution in [0.4, 0.5) is 5.13 Å². The van der Waals surface area contributed by atoms with Crippen LogP contribution in [0, 0.1) is 6.92 Å². The SMILES string of the molecule is Cc1cccc2sc(NC(C)Cc3cccs3)nc12. The first kappa shape index (κ1) is 12.6. The van der Waals surface area contributed by atoms with E-state index in [1.807, 2.05) is 11.3 Å². The summed E-state index contributed by atoms with van der Waals surface area (Å²) in [6.07, 6.45) is 1.05. The monoisotopic (exact) mass is 288 g/mol. The fourth-order valence-electron chi connectivity index (χ4n) is 2.14. The van der Waals surface area contributed by atoms with Crippen LogP contribution in [0.15, 0.2) is 35.7 Å². The number of hydrogen-bond acceptors (Lipinski definition) is 4. The van der Waals surface area contributed by atoms with Crippen molar-refractivity contribution in [2.24, 2.45) is 0 Å². The minimum atomic E-state index is 0.402. The number of thiophene rings is 1. The standard InChI is InChI=1S/C15H16N2S2/c1-10-5-3-7-13-14(10)17-15(19-13)16-11(2)9-12-6-4-8-18-12/h3-8,11H,9H2,1-2H3,(H,16,17). The Morgan fingerprint density at radius 1 is 1.26 bits per heavy atom. The molecule has 0 bridgehead atoms. The Bertz CT molecular complexity index is 671. The lowest BCUT2D eigenvalue weighted by molar-refractivity contribution is 0.799. The van der Waals surface area contributed by atoms with Gasteiger partial charge in [-0.2, -0.15) is 0 Å². The van der Waals surface area contributed by atoms with Crippen molar-refractivity contribution in [3.05, 3.63) is 46.2 Å². The molecule has 0 saturated carbocycles. The molecule has 0 spiro atoms. The van der Waals surface area contributed by atoms with Crippen LogP contribution in [0.25, 0.3) is 10.2 Å². The highest BCUT2D eigenvalue weighted by Crippen LogP contribution is 2.28. The smallest absolute Gasteiger partial charge is 0.184 e. The average Bonchev–Trinajstić information content (AvgIpc) is 2.98. The van der Waals surface area contributed by atoms with Crippen LogP contribution in [-0.4, -0.2) is 11.0 Å². The number of aromatic nitrogens is 1. The fraction of sp³-hybridized carbons (Fsp3) is 0.267. The largest absolute Gasteiger partial charge is 0.359 e. The van der Waals surface area contributed by atoms with Crippen molar-refractivity contribution in [3.63, 3.8) is 0 Å². The predicted molar refractivity (Wildman–Crippen MR) is 85.5 cm³/mol. The second kappa shape index (κ2) is 5.31. The van der Waals surface area contributed by atoms with Crippen LogP contribution >= 0.6 is 22.7 Å². The van der Waals surface area contributed by atoms with Crippen molar-refractivity contribution in [3.8, 4) is 0 Å². The van der Waals surface area contributed by atoms with Gasteiger partial charge in [-0.25, -0.2) is 4.98 Å². The highest BCUT2D eigenvalue weighted by atomic mass is 32.1. The van der Waals surface area contributed by atoms with E-state index in [2.05, 4.69) is 54.9 Å². The van der Waals surface area contributed by atoms with Crippen molar-refractivity contribution >= 4 is 38.0 Å². The summed E-state index contributed by atoms with van der Waals surface area (Å²) in [5.41, 5.74) is 2.37. The molecular weight excluding hydrogens is 272 g/mol. The molecule has 3 rings (SSSR count). The van der Waals surface area contributed by atoms with E-state index >= 15 is 0 Å². The lowest BCUT2D eigenvalue weighted by Gasteiger charge is -2.11. The second-order valence-corrected chi connectivity index (χ2v) is 6.83. The zero-order valence-corrected chi connectivity index (χ0v) is 12.6. The number of rotatable bonds is 4. The van der Waals surface area contributed by atoms with Crippen LogP contribution in [0.2, 0.25) is 0 Å². The van der Waals surface area contributed by atoms with Crippen LogP contribution in [0.3, 0.4) is 0 Å². The Morgan fingerprint density at radius 2 is 2.16 bits per heavy atom. The summed E-state index contributed by atoms with van der Waals surface area (Å²) in [7, 11) is 0. The van der Waals surface area contributed by atoms with E-state index in [9.17, 15) is 0 Å². The Hall–Kier alpha value is -1.39. The van der Waals surface area contributed by atoms with E-state index < -0.39 is 0 Å². The number of benzene rings is 1. The molecule has 0 aliphatic carbocycles. The third-order valence-corrected chi connectivity index (χ3v) is 4.93. The van der Waals surface area contributed by atoms with E-state index in [0.717, 1.165) is 17.1 Å². The van der Waals surface area contributed by atoms with Gasteiger partial charge in [-0.15, -0.1) is 11.3 Å². The van der Waals surface area contributed by atoms with Gasteiger partial charge in [-0.3, -0.25) is 0 Å². The summed E-state index contributed by atoms with van der Waals surface area (Å²) in [6.45, 7) is 4.32. The van der Waals surface area contributed by atoms with Crippen molar-refractivity contribution in [1.82, 2.24) is 4.98 Å². The maximum absolute atomic E-state index is 4.69. The van der Waals surface area contributed by atoms with E-state index in [4.69, 9.17) is 4.98 Å². The number of nitrogens with one attached hydrogen (secondary N) is 1. The average molecular weight is 288 g/mol. The minimum Gasteiger partial charge on any atom is -0.359 e. The van der Waals surface area contributed by atoms with Gasteiger partial charge in [0.25, 0.3) is 0 Å². The number of nitrogens with zero attached hydrogens (tertiary/aromatic N) is 1. The first-order chi connectivity index (χ1) is 9.22. The van der Waals surface area contributed by atoms with E-state index in [1.165, 1.54) is 15.1 Å². The molecule has 98 valence electrons. The van der Waals surface area contributed by atoms with E-state index in [0.29, 0.717) is 6.04 Å². The minimum absolute atomic E-state index is 0.402. The molecule has 0 aliphatic rings. The van der Waals surface area contributed by atoms with Crippen molar-refractivity contribution in [2.45, 2.75) is 26.3 Å². The Labute approximate surface area is 121 Å². The molecule has 1 aromatic carbocycles. The molecule has 0 aliphatic heterocycles. The van der Waals surface area contributed by atoms with Crippen LogP contribution in [-0.2, 0) is 6.42 Å². The van der Waals surface area contributed by atoms with Gasteiger partial charge < -0.3 is 5.32 Å². The molecule has 3 aromatic rings. The summed E-state index contributed by atoms with van der Waals surface area (Å²) < 4.78 is 1.26. The van der Waals surface area contributed by atoms with E-state index in [1.54, 1.807) is 11.3 Å². The van der Waals surface area contributed by atoms with Crippen LogP contribution < -0.4 is 5.32 Å². The quantitative estimate of drug-likeness (QED) is 0.752. The van der Waals surface area contributed by atoms with Gasteiger partial charge >= 0.3 is 0 Å². The van der Waals surface area contributed by atoms with Crippen LogP contribution in [0.1, 0.15) is 17.4 Å². The molecule has 0 saturated heterocycles. The molecule has 1 atom stereocenters. The zero-order valence-electron chi connectivity index (χ0n) is 11.0. The lowest BCUT2D eigenvalue weighted by Crippen LogP contribution is -2.17. The van der Waals surface area contributed by atoms with Crippen molar-refractivity contribution in [1.29, 1.82) is 0 Å². The lowest BCUT2D eigenvalue weighted by atomic mass is 10.2. The van der Waals surface area contributed by atoms with Gasteiger partial charge in [-0.05, 0) is 36.9 Å². The maximum atomic E-state index is 4.69. The number of fused-ring (bicyclic) bond motifs is 1. The molecule has 2 aromatic heterocycles. The van der Waals surface area contributed by atoms with Gasteiger partial charge in [0.2, 0.25) is 0 Å². The van der Waals surface area contributed by atoms with Crippen molar-refractivity contribution in [2.75, 3.05) is 5.32 Å². The zero-order chi connectivity index (χ0) is 13.2. The molecule has 4 heteroatoms. The third kappa shape index (κ3) is 2.80. The van der Waals surface area contributed by atoms with Gasteiger partial charge in [0.05, 0.1) is 10.2 Å². The molecule has 0 amide bonds. The maximum Gasteiger partial charge on any atom is 0.184 e. The summed E-state index contributed by atoms with van der Waals surface area (Å²) in [5.74, 6) is 0. The van der Waals surface area contributed by atoms with Gasteiger partial charge in [-0.1, -0.05) is 29.5 Å². The molecule has 1 N–H and O–H groups in total. The van der Waals surface area contributed by atoms with E-state index in [-0.39, 0.29) is 0 Å². The van der Waals surface area contributed by atoms with Crippen molar-refractivity contribution < 1.29 is 0 Å². The van der Waals surface area contributed by atoms with Gasteiger partial charge in [0, 0.05) is 17.3 Å². The predicted octanol–water partition coefficient (Wildman–Crippen LogP) is 4.71. The molecule has 0 fully saturated rings. The number of anilines is 1. The second-order valence-electron chi connectivity index (χ2n) is 4.77. The first-order valence-electron chi connectivity index (χ1n) is 6.37. The Balaban J connectivity index is 1.76. The number of aryl methyl sites for hydroxylation is 1. The highest BCUT2D eigenvalue weighted by molar-refractivity contribution is 7.22. The molecule has 19 heavy (non-hydrogen) atoms. The Kier molecular flexibility index (Phi) is 3.53. The van der Waals surface area contributed by atoms with Gasteiger partial charge in [0.1, 0.15) is 0 Å². The van der Waals surface area contributed by atoms with Gasteiger partial charge in [0.15, 0.2) is 5.13 Å². The topological polar surface area (TPSA) is 24.9 Å². The summed E-state index contributed by atoms with van der Waals surface area (Å²) in [5, 5.41) is 6.66. The molecule has 2 heterocycles. The fourth-order valence-corrected chi connectivity index (χ4v) is 4.03. The highest BCUT2D eigenvalue weighted by Gasteiger charge is 2.09. The summed E-state index contributed by atoms with van der Waals surface area (Å²) in [6, 6.07) is 11.0. The Morgan fingerprint density at radius 3 is 2.89 bits per heavy atom. The molecule has 1 unspecified atom stereocenters.